The Labute approximate surface area is 106 Å². The van der Waals surface area contributed by atoms with Crippen LogP contribution in [0.1, 0.15) is 25.5 Å². The van der Waals surface area contributed by atoms with E-state index in [1.54, 1.807) is 36.1 Å². The molecular formula is C11H16N4O2S. The van der Waals surface area contributed by atoms with Gasteiger partial charge in [-0.2, -0.15) is 5.10 Å². The molecule has 2 N–H and O–H groups in total. The normalized spacial score (nSPS) is 12.0. The number of nitrogens with zero attached hydrogens (tertiary/aromatic N) is 2. The molecular weight excluding hydrogens is 252 g/mol. The highest BCUT2D eigenvalue weighted by molar-refractivity contribution is 7.92. The second kappa shape index (κ2) is 4.49. The summed E-state index contributed by atoms with van der Waals surface area (Å²) < 4.78 is 28.2. The molecule has 0 fully saturated rings. The summed E-state index contributed by atoms with van der Waals surface area (Å²) in [5.41, 5.74) is 0.890. The van der Waals surface area contributed by atoms with Gasteiger partial charge < -0.3 is 4.57 Å². The fourth-order valence-corrected chi connectivity index (χ4v) is 2.56. The van der Waals surface area contributed by atoms with E-state index in [2.05, 4.69) is 14.9 Å². The molecule has 0 atom stereocenters. The summed E-state index contributed by atoms with van der Waals surface area (Å²) in [5.74, 6) is 0.579. The van der Waals surface area contributed by atoms with Crippen LogP contribution in [-0.4, -0.2) is 23.2 Å². The highest BCUT2D eigenvalue weighted by atomic mass is 32.2. The standard InChI is InChI=1S/C11H16N4O2S/c1-8(2)10-6-11(13-12-10)14-18(16,17)9-4-5-15(3)7-9/h4-8H,1-3H3,(H2,12,13,14). The number of hydrogen-bond acceptors (Lipinski definition) is 3. The van der Waals surface area contributed by atoms with Gasteiger partial charge in [0.2, 0.25) is 0 Å². The summed E-state index contributed by atoms with van der Waals surface area (Å²) in [4.78, 5) is 0.221. The van der Waals surface area contributed by atoms with E-state index in [-0.39, 0.29) is 10.8 Å². The van der Waals surface area contributed by atoms with Gasteiger partial charge in [-0.15, -0.1) is 0 Å². The second-order valence-electron chi connectivity index (χ2n) is 4.48. The van der Waals surface area contributed by atoms with Gasteiger partial charge in [-0.05, 0) is 12.0 Å². The number of anilines is 1. The number of sulfonamides is 1. The van der Waals surface area contributed by atoms with Crippen LogP contribution in [0.25, 0.3) is 0 Å². The molecule has 2 aromatic heterocycles. The summed E-state index contributed by atoms with van der Waals surface area (Å²) in [6.07, 6.45) is 3.22. The molecule has 0 bridgehead atoms. The molecule has 2 aromatic rings. The predicted octanol–water partition coefficient (Wildman–Crippen LogP) is 1.67. The van der Waals surface area contributed by atoms with Crippen molar-refractivity contribution in [3.05, 3.63) is 30.2 Å². The molecule has 0 amide bonds. The molecule has 7 heteroatoms. The van der Waals surface area contributed by atoms with E-state index in [4.69, 9.17) is 0 Å². The smallest absolute Gasteiger partial charge is 0.264 e. The Morgan fingerprint density at radius 1 is 1.44 bits per heavy atom. The summed E-state index contributed by atoms with van der Waals surface area (Å²) in [6, 6.07) is 3.24. The third-order valence-corrected chi connectivity index (χ3v) is 3.91. The van der Waals surface area contributed by atoms with Crippen molar-refractivity contribution >= 4 is 15.8 Å². The second-order valence-corrected chi connectivity index (χ2v) is 6.16. The Morgan fingerprint density at radius 3 is 2.67 bits per heavy atom. The van der Waals surface area contributed by atoms with Gasteiger partial charge >= 0.3 is 0 Å². The van der Waals surface area contributed by atoms with E-state index in [1.807, 2.05) is 13.8 Å². The summed E-state index contributed by atoms with van der Waals surface area (Å²) >= 11 is 0. The maximum Gasteiger partial charge on any atom is 0.264 e. The van der Waals surface area contributed by atoms with Crippen LogP contribution in [0, 0.1) is 0 Å². The molecule has 0 radical (unpaired) electrons. The number of rotatable bonds is 4. The first-order valence-electron chi connectivity index (χ1n) is 5.58. The van der Waals surface area contributed by atoms with Crippen molar-refractivity contribution in [2.45, 2.75) is 24.7 Å². The van der Waals surface area contributed by atoms with Crippen molar-refractivity contribution in [1.29, 1.82) is 0 Å². The van der Waals surface area contributed by atoms with Crippen LogP contribution in [0.4, 0.5) is 5.82 Å². The first kappa shape index (κ1) is 12.7. The third kappa shape index (κ3) is 2.56. The lowest BCUT2D eigenvalue weighted by Gasteiger charge is -2.02. The largest absolute Gasteiger partial charge is 0.356 e. The van der Waals surface area contributed by atoms with Gasteiger partial charge in [0.15, 0.2) is 5.82 Å². The molecule has 18 heavy (non-hydrogen) atoms. The Kier molecular flexibility index (Phi) is 3.16. The molecule has 0 aliphatic heterocycles. The Hall–Kier alpha value is -1.76. The Morgan fingerprint density at radius 2 is 2.17 bits per heavy atom. The zero-order valence-corrected chi connectivity index (χ0v) is 11.3. The van der Waals surface area contributed by atoms with Gasteiger partial charge in [0.05, 0.1) is 0 Å². The quantitative estimate of drug-likeness (QED) is 0.885. The number of hydrogen-bond donors (Lipinski definition) is 2. The first-order chi connectivity index (χ1) is 8.38. The van der Waals surface area contributed by atoms with Gasteiger partial charge in [-0.1, -0.05) is 13.8 Å². The van der Waals surface area contributed by atoms with Crippen LogP contribution in [0.15, 0.2) is 29.4 Å². The highest BCUT2D eigenvalue weighted by Crippen LogP contribution is 2.18. The van der Waals surface area contributed by atoms with Crippen LogP contribution in [-0.2, 0) is 17.1 Å². The van der Waals surface area contributed by atoms with E-state index >= 15 is 0 Å². The fourth-order valence-electron chi connectivity index (χ4n) is 1.52. The van der Waals surface area contributed by atoms with Crippen LogP contribution < -0.4 is 4.72 Å². The number of aromatic amines is 1. The average molecular weight is 268 g/mol. The van der Waals surface area contributed by atoms with Crippen molar-refractivity contribution < 1.29 is 8.42 Å². The van der Waals surface area contributed by atoms with Gasteiger partial charge in [-0.25, -0.2) is 8.42 Å². The lowest BCUT2D eigenvalue weighted by Crippen LogP contribution is -2.12. The molecule has 2 rings (SSSR count). The van der Waals surface area contributed by atoms with Crippen molar-refractivity contribution in [2.75, 3.05) is 4.72 Å². The lowest BCUT2D eigenvalue weighted by molar-refractivity contribution is 0.601. The molecule has 0 aliphatic rings. The topological polar surface area (TPSA) is 79.8 Å². The van der Waals surface area contributed by atoms with Gasteiger partial charge in [-0.3, -0.25) is 9.82 Å². The van der Waals surface area contributed by atoms with E-state index < -0.39 is 10.0 Å². The summed E-state index contributed by atoms with van der Waals surface area (Å²) in [6.45, 7) is 4.01. The molecule has 2 heterocycles. The van der Waals surface area contributed by atoms with Gasteiger partial charge in [0.25, 0.3) is 10.0 Å². The molecule has 0 saturated heterocycles. The third-order valence-electron chi connectivity index (χ3n) is 2.57. The molecule has 0 aliphatic carbocycles. The van der Waals surface area contributed by atoms with Gasteiger partial charge in [0.1, 0.15) is 4.90 Å². The summed E-state index contributed by atoms with van der Waals surface area (Å²) in [5, 5.41) is 6.74. The minimum atomic E-state index is -3.56. The zero-order chi connectivity index (χ0) is 13.3. The SMILES string of the molecule is CC(C)c1cc(NS(=O)(=O)c2ccn(C)c2)n[nH]1. The highest BCUT2D eigenvalue weighted by Gasteiger charge is 2.17. The maximum atomic E-state index is 12.0. The van der Waals surface area contributed by atoms with E-state index in [9.17, 15) is 8.42 Å². The van der Waals surface area contributed by atoms with Crippen molar-refractivity contribution in [2.24, 2.45) is 7.05 Å². The number of aryl methyl sites for hydroxylation is 1. The fraction of sp³-hybridized carbons (Fsp3) is 0.364. The monoisotopic (exact) mass is 268 g/mol. The van der Waals surface area contributed by atoms with Crippen molar-refractivity contribution in [3.8, 4) is 0 Å². The van der Waals surface area contributed by atoms with Crippen molar-refractivity contribution in [3.63, 3.8) is 0 Å². The van der Waals surface area contributed by atoms with Crippen LogP contribution in [0.5, 0.6) is 0 Å². The number of H-pyrrole nitrogens is 1. The Balaban J connectivity index is 2.22. The minimum absolute atomic E-state index is 0.221. The van der Waals surface area contributed by atoms with E-state index in [0.717, 1.165) is 5.69 Å². The van der Waals surface area contributed by atoms with Crippen LogP contribution >= 0.6 is 0 Å². The zero-order valence-electron chi connectivity index (χ0n) is 10.5. The minimum Gasteiger partial charge on any atom is -0.356 e. The van der Waals surface area contributed by atoms with Crippen molar-refractivity contribution in [1.82, 2.24) is 14.8 Å². The van der Waals surface area contributed by atoms with Crippen LogP contribution in [0.2, 0.25) is 0 Å². The predicted molar refractivity (Wildman–Crippen MR) is 68.9 cm³/mol. The average Bonchev–Trinajstić information content (AvgIpc) is 2.86. The Bertz CT molecular complexity index is 640. The number of nitrogens with one attached hydrogen (secondary N) is 2. The molecule has 0 spiro atoms. The van der Waals surface area contributed by atoms with E-state index in [0.29, 0.717) is 5.82 Å². The molecule has 0 saturated carbocycles. The molecule has 6 nitrogen and oxygen atoms in total. The molecule has 0 unspecified atom stereocenters. The summed E-state index contributed by atoms with van der Waals surface area (Å²) in [7, 11) is -1.79. The molecule has 98 valence electrons. The number of aromatic nitrogens is 3. The maximum absolute atomic E-state index is 12.0. The van der Waals surface area contributed by atoms with Gasteiger partial charge in [0, 0.05) is 31.2 Å². The first-order valence-corrected chi connectivity index (χ1v) is 7.07. The van der Waals surface area contributed by atoms with E-state index in [1.165, 1.54) is 0 Å². The van der Waals surface area contributed by atoms with Crippen LogP contribution in [0.3, 0.4) is 0 Å². The lowest BCUT2D eigenvalue weighted by atomic mass is 10.1. The molecule has 0 aromatic carbocycles.